The number of aromatic nitrogens is 2. The van der Waals surface area contributed by atoms with E-state index < -0.39 is 0 Å². The van der Waals surface area contributed by atoms with E-state index in [0.29, 0.717) is 42.7 Å². The first-order valence-corrected chi connectivity index (χ1v) is 11.6. The lowest BCUT2D eigenvalue weighted by atomic mass is 9.99. The lowest BCUT2D eigenvalue weighted by molar-refractivity contribution is -0.111. The third-order valence-electron chi connectivity index (χ3n) is 5.92. The first-order valence-electron chi connectivity index (χ1n) is 11.6. The molecule has 36 heavy (non-hydrogen) atoms. The molecule has 2 aromatic rings. The van der Waals surface area contributed by atoms with E-state index in [4.69, 9.17) is 14.5 Å². The molecular formula is C26H27N7O3. The predicted octanol–water partition coefficient (Wildman–Crippen LogP) is 3.02. The van der Waals surface area contributed by atoms with Crippen molar-refractivity contribution in [1.82, 2.24) is 15.0 Å². The quantitative estimate of drug-likeness (QED) is 0.577. The Hall–Kier alpha value is -4.44. The lowest BCUT2D eigenvalue weighted by Gasteiger charge is -2.32. The smallest absolute Gasteiger partial charge is 0.247 e. The van der Waals surface area contributed by atoms with Crippen molar-refractivity contribution in [2.24, 2.45) is 4.99 Å². The van der Waals surface area contributed by atoms with E-state index in [1.54, 1.807) is 25.6 Å². The summed E-state index contributed by atoms with van der Waals surface area (Å²) in [5.74, 6) is 1.02. The first kappa shape index (κ1) is 23.3. The minimum atomic E-state index is -0.288. The third kappa shape index (κ3) is 4.98. The molecule has 184 valence electrons. The Morgan fingerprint density at radius 3 is 2.92 bits per heavy atom. The van der Waals surface area contributed by atoms with Crippen LogP contribution in [0, 0.1) is 0 Å². The number of morpholine rings is 1. The summed E-state index contributed by atoms with van der Waals surface area (Å²) in [5.41, 5.74) is 8.29. The lowest BCUT2D eigenvalue weighted by Crippen LogP contribution is -2.36. The number of hydrazine groups is 1. The molecule has 0 spiro atoms. The van der Waals surface area contributed by atoms with E-state index in [1.807, 2.05) is 41.6 Å². The van der Waals surface area contributed by atoms with Gasteiger partial charge in [0, 0.05) is 37.4 Å². The maximum absolute atomic E-state index is 11.8. The number of nitrogens with one attached hydrogen (secondary N) is 2. The molecule has 1 fully saturated rings. The Kier molecular flexibility index (Phi) is 6.76. The van der Waals surface area contributed by atoms with E-state index >= 15 is 0 Å². The average Bonchev–Trinajstić information content (AvgIpc) is 2.93. The van der Waals surface area contributed by atoms with Crippen LogP contribution in [0.15, 0.2) is 77.6 Å². The van der Waals surface area contributed by atoms with Crippen molar-refractivity contribution in [3.63, 3.8) is 0 Å². The molecule has 0 saturated carbocycles. The number of allylic oxidation sites excluding steroid dienone is 2. The van der Waals surface area contributed by atoms with Crippen LogP contribution in [0.5, 0.6) is 5.88 Å². The van der Waals surface area contributed by atoms with Crippen molar-refractivity contribution in [3.05, 3.63) is 78.3 Å². The number of pyridine rings is 2. The molecule has 2 N–H and O–H groups in total. The van der Waals surface area contributed by atoms with Crippen molar-refractivity contribution >= 4 is 35.0 Å². The van der Waals surface area contributed by atoms with Crippen LogP contribution in [-0.4, -0.2) is 67.1 Å². The van der Waals surface area contributed by atoms with Crippen LogP contribution in [0.3, 0.4) is 0 Å². The summed E-state index contributed by atoms with van der Waals surface area (Å²) in [4.78, 5) is 27.7. The normalized spacial score (nSPS) is 16.9. The highest BCUT2D eigenvalue weighted by molar-refractivity contribution is 5.99. The Morgan fingerprint density at radius 1 is 1.25 bits per heavy atom. The number of nitrogens with zero attached hydrogens (tertiary/aromatic N) is 5. The predicted molar refractivity (Wildman–Crippen MR) is 140 cm³/mol. The fourth-order valence-corrected chi connectivity index (χ4v) is 4.08. The van der Waals surface area contributed by atoms with E-state index in [2.05, 4.69) is 32.2 Å². The van der Waals surface area contributed by atoms with Gasteiger partial charge in [-0.15, -0.1) is 0 Å². The second kappa shape index (κ2) is 10.4. The Labute approximate surface area is 209 Å². The molecular weight excluding hydrogens is 458 g/mol. The molecule has 0 aliphatic carbocycles. The summed E-state index contributed by atoms with van der Waals surface area (Å²) in [5, 5.41) is 4.67. The summed E-state index contributed by atoms with van der Waals surface area (Å²) in [6.07, 6.45) is 10.7. The van der Waals surface area contributed by atoms with Crippen LogP contribution in [0.4, 0.5) is 17.2 Å². The van der Waals surface area contributed by atoms with Gasteiger partial charge in [-0.25, -0.2) is 0 Å². The van der Waals surface area contributed by atoms with Gasteiger partial charge in [0.2, 0.25) is 11.8 Å². The maximum atomic E-state index is 11.8. The minimum absolute atomic E-state index is 0.288. The molecule has 0 bridgehead atoms. The van der Waals surface area contributed by atoms with Gasteiger partial charge in [-0.3, -0.25) is 25.2 Å². The fraction of sp³-hybridized carbons (Fsp3) is 0.231. The topological polar surface area (TPSA) is 104 Å². The number of fused-ring (bicyclic) bond motifs is 1. The van der Waals surface area contributed by atoms with Gasteiger partial charge in [0.15, 0.2) is 0 Å². The molecule has 1 saturated heterocycles. The summed E-state index contributed by atoms with van der Waals surface area (Å²) in [6, 6.07) is 7.47. The SMILES string of the molecule is C=CC(=O)Nc1ccnc(C2=CC3=CC=NCC3=CN2Nc2ccc(N3CCOCC3)nc2OC)c1. The monoisotopic (exact) mass is 485 g/mol. The number of ether oxygens (including phenoxy) is 2. The number of amides is 1. The fourth-order valence-electron chi connectivity index (χ4n) is 4.08. The number of carbonyl (C=O) groups is 1. The number of hydrogen-bond donors (Lipinski definition) is 2. The summed E-state index contributed by atoms with van der Waals surface area (Å²) < 4.78 is 11.1. The van der Waals surface area contributed by atoms with Gasteiger partial charge in [-0.1, -0.05) is 6.58 Å². The summed E-state index contributed by atoms with van der Waals surface area (Å²) in [7, 11) is 1.60. The van der Waals surface area contributed by atoms with Crippen LogP contribution in [0.25, 0.3) is 5.70 Å². The summed E-state index contributed by atoms with van der Waals surface area (Å²) in [6.45, 7) is 7.01. The van der Waals surface area contributed by atoms with E-state index in [-0.39, 0.29) is 5.91 Å². The molecule has 5 heterocycles. The maximum Gasteiger partial charge on any atom is 0.247 e. The van der Waals surface area contributed by atoms with Crippen molar-refractivity contribution < 1.29 is 14.3 Å². The number of rotatable bonds is 7. The van der Waals surface area contributed by atoms with Crippen LogP contribution in [0.1, 0.15) is 5.69 Å². The van der Waals surface area contributed by atoms with Crippen molar-refractivity contribution in [1.29, 1.82) is 0 Å². The zero-order valence-corrected chi connectivity index (χ0v) is 20.0. The Balaban J connectivity index is 1.47. The Morgan fingerprint density at radius 2 is 2.11 bits per heavy atom. The van der Waals surface area contributed by atoms with Gasteiger partial charge in [0.1, 0.15) is 11.5 Å². The first-order chi connectivity index (χ1) is 17.6. The number of methoxy groups -OCH3 is 1. The molecule has 10 nitrogen and oxygen atoms in total. The molecule has 3 aliphatic rings. The molecule has 10 heteroatoms. The van der Waals surface area contributed by atoms with Gasteiger partial charge in [-0.05, 0) is 53.6 Å². The Bertz CT molecular complexity index is 1290. The van der Waals surface area contributed by atoms with Gasteiger partial charge in [0.05, 0.1) is 38.3 Å². The second-order valence-corrected chi connectivity index (χ2v) is 8.23. The van der Waals surface area contributed by atoms with Crippen LogP contribution in [-0.2, 0) is 9.53 Å². The number of hydrogen-bond acceptors (Lipinski definition) is 9. The van der Waals surface area contributed by atoms with Crippen molar-refractivity contribution in [2.45, 2.75) is 0 Å². The molecule has 0 unspecified atom stereocenters. The van der Waals surface area contributed by atoms with Crippen molar-refractivity contribution in [2.75, 3.05) is 55.6 Å². The largest absolute Gasteiger partial charge is 0.479 e. The highest BCUT2D eigenvalue weighted by atomic mass is 16.5. The summed E-state index contributed by atoms with van der Waals surface area (Å²) >= 11 is 0. The number of anilines is 3. The van der Waals surface area contributed by atoms with Crippen LogP contribution >= 0.6 is 0 Å². The number of dihydropyridines is 1. The molecule has 1 amide bonds. The molecule has 2 aromatic heterocycles. The van der Waals surface area contributed by atoms with Gasteiger partial charge < -0.3 is 19.7 Å². The van der Waals surface area contributed by atoms with Crippen LogP contribution < -0.4 is 20.4 Å². The number of carbonyl (C=O) groups excluding carboxylic acids is 1. The van der Waals surface area contributed by atoms with Crippen molar-refractivity contribution in [3.8, 4) is 5.88 Å². The molecule has 3 aliphatic heterocycles. The van der Waals surface area contributed by atoms with Gasteiger partial charge in [0.25, 0.3) is 0 Å². The zero-order valence-electron chi connectivity index (χ0n) is 20.0. The molecule has 0 radical (unpaired) electrons. The number of aliphatic imine (C=N–C) groups is 1. The van der Waals surface area contributed by atoms with Gasteiger partial charge in [-0.2, -0.15) is 4.98 Å². The highest BCUT2D eigenvalue weighted by Crippen LogP contribution is 2.34. The highest BCUT2D eigenvalue weighted by Gasteiger charge is 2.23. The zero-order chi connectivity index (χ0) is 24.9. The van der Waals surface area contributed by atoms with E-state index in [0.717, 1.165) is 35.8 Å². The van der Waals surface area contributed by atoms with Gasteiger partial charge >= 0.3 is 0 Å². The molecule has 0 atom stereocenters. The average molecular weight is 486 g/mol. The minimum Gasteiger partial charge on any atom is -0.479 e. The van der Waals surface area contributed by atoms with E-state index in [9.17, 15) is 4.79 Å². The molecule has 0 aromatic carbocycles. The van der Waals surface area contributed by atoms with E-state index in [1.165, 1.54) is 6.08 Å². The standard InChI is InChI=1S/C26H27N7O3/c1-3-25(34)29-20-7-9-28-22(15-20)23-14-18-6-8-27-16-19(18)17-33(23)31-21-4-5-24(30-26(21)35-2)32-10-12-36-13-11-32/h3-9,14-15,17,31H,1,10-13,16H2,2H3,(H,28,29,34). The third-order valence-corrected chi connectivity index (χ3v) is 5.92. The second-order valence-electron chi connectivity index (χ2n) is 8.23. The molecule has 5 rings (SSSR count). The van der Waals surface area contributed by atoms with Crippen LogP contribution in [0.2, 0.25) is 0 Å².